The maximum atomic E-state index is 11.5. The maximum Gasteiger partial charge on any atom is 0.308 e. The first-order valence-corrected chi connectivity index (χ1v) is 6.19. The van der Waals surface area contributed by atoms with Crippen LogP contribution in [0.1, 0.15) is 5.56 Å². The molecule has 0 aromatic heterocycles. The molecule has 98 valence electrons. The molecule has 0 saturated heterocycles. The van der Waals surface area contributed by atoms with Gasteiger partial charge in [0.2, 0.25) is 10.0 Å². The summed E-state index contributed by atoms with van der Waals surface area (Å²) in [6.07, 6.45) is -0.545. The number of carbonyl (C=O) groups is 1. The van der Waals surface area contributed by atoms with Gasteiger partial charge in [0.1, 0.15) is 0 Å². The largest absolute Gasteiger partial charge is 0.481 e. The number of hydrogen-bond donors (Lipinski definition) is 2. The second-order valence-electron chi connectivity index (χ2n) is 3.33. The van der Waals surface area contributed by atoms with Crippen LogP contribution in [0.5, 0.6) is 0 Å². The highest BCUT2D eigenvalue weighted by atomic mass is 32.2. The van der Waals surface area contributed by atoms with Crippen molar-refractivity contribution in [3.8, 4) is 0 Å². The third kappa shape index (κ3) is 3.02. The van der Waals surface area contributed by atoms with E-state index in [1.165, 1.54) is 7.05 Å². The van der Waals surface area contributed by atoms with Gasteiger partial charge in [-0.15, -0.1) is 0 Å². The number of nitrogens with one attached hydrogen (secondary N) is 1. The second-order valence-corrected chi connectivity index (χ2v) is 5.21. The summed E-state index contributed by atoms with van der Waals surface area (Å²) in [4.78, 5) is 20.2. The van der Waals surface area contributed by atoms with E-state index in [1.54, 1.807) is 0 Å². The molecule has 1 aromatic carbocycles. The Hall–Kier alpha value is -2.00. The first-order valence-electron chi connectivity index (χ1n) is 4.70. The highest BCUT2D eigenvalue weighted by Gasteiger charge is 2.21. The lowest BCUT2D eigenvalue weighted by Crippen LogP contribution is -2.19. The lowest BCUT2D eigenvalue weighted by Gasteiger charge is -2.04. The van der Waals surface area contributed by atoms with Crippen molar-refractivity contribution in [2.75, 3.05) is 7.05 Å². The molecule has 0 heterocycles. The number of nitrogens with zero attached hydrogens (tertiary/aromatic N) is 1. The lowest BCUT2D eigenvalue weighted by atomic mass is 10.1. The van der Waals surface area contributed by atoms with Crippen LogP contribution in [-0.2, 0) is 21.2 Å². The summed E-state index contributed by atoms with van der Waals surface area (Å²) in [5, 5.41) is 19.4. The van der Waals surface area contributed by atoms with Crippen molar-refractivity contribution in [1.29, 1.82) is 0 Å². The quantitative estimate of drug-likeness (QED) is 0.580. The summed E-state index contributed by atoms with van der Waals surface area (Å²) in [7, 11) is -2.63. The molecule has 18 heavy (non-hydrogen) atoms. The zero-order chi connectivity index (χ0) is 13.9. The van der Waals surface area contributed by atoms with Gasteiger partial charge >= 0.3 is 5.97 Å². The van der Waals surface area contributed by atoms with Crippen LogP contribution < -0.4 is 4.72 Å². The van der Waals surface area contributed by atoms with Gasteiger partial charge in [0, 0.05) is 11.6 Å². The van der Waals surface area contributed by atoms with E-state index in [0.717, 1.165) is 18.2 Å². The molecule has 0 aliphatic carbocycles. The van der Waals surface area contributed by atoms with Crippen molar-refractivity contribution in [1.82, 2.24) is 4.72 Å². The summed E-state index contributed by atoms with van der Waals surface area (Å²) >= 11 is 0. The van der Waals surface area contributed by atoms with Crippen molar-refractivity contribution in [2.24, 2.45) is 0 Å². The van der Waals surface area contributed by atoms with Gasteiger partial charge in [0.15, 0.2) is 0 Å². The Bertz CT molecular complexity index is 595. The minimum absolute atomic E-state index is 0.0532. The van der Waals surface area contributed by atoms with Gasteiger partial charge in [0.25, 0.3) is 5.69 Å². The number of rotatable bonds is 5. The van der Waals surface area contributed by atoms with E-state index >= 15 is 0 Å². The van der Waals surface area contributed by atoms with Crippen molar-refractivity contribution in [3.63, 3.8) is 0 Å². The van der Waals surface area contributed by atoms with Crippen molar-refractivity contribution < 1.29 is 23.2 Å². The number of carboxylic acids is 1. The van der Waals surface area contributed by atoms with Crippen LogP contribution in [0.25, 0.3) is 0 Å². The monoisotopic (exact) mass is 274 g/mol. The highest BCUT2D eigenvalue weighted by Crippen LogP contribution is 2.23. The van der Waals surface area contributed by atoms with Crippen molar-refractivity contribution in [3.05, 3.63) is 33.9 Å². The van der Waals surface area contributed by atoms with Crippen LogP contribution in [0.4, 0.5) is 5.69 Å². The van der Waals surface area contributed by atoms with E-state index < -0.39 is 33.0 Å². The van der Waals surface area contributed by atoms with E-state index in [0.29, 0.717) is 0 Å². The van der Waals surface area contributed by atoms with Gasteiger partial charge < -0.3 is 5.11 Å². The average molecular weight is 274 g/mol. The Balaban J connectivity index is 3.37. The zero-order valence-electron chi connectivity index (χ0n) is 9.28. The van der Waals surface area contributed by atoms with Gasteiger partial charge in [-0.05, 0) is 13.1 Å². The summed E-state index contributed by atoms with van der Waals surface area (Å²) in [5.74, 6) is -1.23. The molecule has 1 aromatic rings. The third-order valence-electron chi connectivity index (χ3n) is 2.17. The Morgan fingerprint density at radius 2 is 2.11 bits per heavy atom. The maximum absolute atomic E-state index is 11.5. The average Bonchev–Trinajstić information content (AvgIpc) is 2.28. The fourth-order valence-corrected chi connectivity index (χ4v) is 2.06. The summed E-state index contributed by atoms with van der Waals surface area (Å²) in [5.41, 5.74) is -0.587. The molecule has 8 nitrogen and oxygen atoms in total. The molecular weight excluding hydrogens is 264 g/mol. The normalized spacial score (nSPS) is 11.2. The summed E-state index contributed by atoms with van der Waals surface area (Å²) in [6.45, 7) is 0. The molecule has 0 saturated carbocycles. The molecule has 0 fully saturated rings. The Kier molecular flexibility index (Phi) is 3.99. The molecule has 0 aliphatic heterocycles. The molecule has 0 amide bonds. The fourth-order valence-electron chi connectivity index (χ4n) is 1.31. The molecule has 9 heteroatoms. The minimum Gasteiger partial charge on any atom is -0.481 e. The molecule has 0 atom stereocenters. The van der Waals surface area contributed by atoms with Gasteiger partial charge in [-0.3, -0.25) is 14.9 Å². The fraction of sp³-hybridized carbons (Fsp3) is 0.222. The van der Waals surface area contributed by atoms with Crippen molar-refractivity contribution in [2.45, 2.75) is 11.3 Å². The number of nitro benzene ring substituents is 1. The molecule has 1 rings (SSSR count). The topological polar surface area (TPSA) is 127 Å². The summed E-state index contributed by atoms with van der Waals surface area (Å²) in [6, 6.07) is 3.08. The number of carboxylic acid groups (broad SMARTS) is 1. The molecule has 0 bridgehead atoms. The third-order valence-corrected chi connectivity index (χ3v) is 3.59. The number of sulfonamides is 1. The van der Waals surface area contributed by atoms with Crippen LogP contribution >= 0.6 is 0 Å². The molecule has 2 N–H and O–H groups in total. The SMILES string of the molecule is CNS(=O)(=O)c1ccc(CC(=O)O)c([N+](=O)[O-])c1. The molecule has 0 unspecified atom stereocenters. The van der Waals surface area contributed by atoms with Crippen LogP contribution in [-0.4, -0.2) is 31.5 Å². The number of nitro groups is 1. The number of benzene rings is 1. The molecule has 0 aliphatic rings. The van der Waals surface area contributed by atoms with Crippen molar-refractivity contribution >= 4 is 21.7 Å². The van der Waals surface area contributed by atoms with E-state index in [9.17, 15) is 23.3 Å². The predicted octanol–water partition coefficient (Wildman–Crippen LogP) is 0.130. The standard InChI is InChI=1S/C9H10N2O6S/c1-10-18(16,17)7-3-2-6(4-9(12)13)8(5-7)11(14)15/h2-3,5,10H,4H2,1H3,(H,12,13). The highest BCUT2D eigenvalue weighted by molar-refractivity contribution is 7.89. The predicted molar refractivity (Wildman–Crippen MR) is 60.7 cm³/mol. The van der Waals surface area contributed by atoms with E-state index in [4.69, 9.17) is 5.11 Å². The number of hydrogen-bond acceptors (Lipinski definition) is 5. The van der Waals surface area contributed by atoms with E-state index in [2.05, 4.69) is 0 Å². The van der Waals surface area contributed by atoms with Gasteiger partial charge in [0.05, 0.1) is 16.2 Å². The van der Waals surface area contributed by atoms with Gasteiger partial charge in [-0.2, -0.15) is 0 Å². The number of aliphatic carboxylic acids is 1. The lowest BCUT2D eigenvalue weighted by molar-refractivity contribution is -0.385. The molecule has 0 radical (unpaired) electrons. The molecular formula is C9H10N2O6S. The van der Waals surface area contributed by atoms with Crippen LogP contribution in [0.3, 0.4) is 0 Å². The first kappa shape index (κ1) is 14.1. The second kappa shape index (κ2) is 5.10. The Morgan fingerprint density at radius 1 is 1.50 bits per heavy atom. The van der Waals surface area contributed by atoms with Gasteiger partial charge in [-0.1, -0.05) is 6.07 Å². The smallest absolute Gasteiger partial charge is 0.308 e. The summed E-state index contributed by atoms with van der Waals surface area (Å²) < 4.78 is 24.9. The van der Waals surface area contributed by atoms with E-state index in [1.807, 2.05) is 4.72 Å². The van der Waals surface area contributed by atoms with E-state index in [-0.39, 0.29) is 10.5 Å². The van der Waals surface area contributed by atoms with Crippen LogP contribution in [0, 0.1) is 10.1 Å². The van der Waals surface area contributed by atoms with Crippen LogP contribution in [0.2, 0.25) is 0 Å². The molecule has 0 spiro atoms. The van der Waals surface area contributed by atoms with Gasteiger partial charge in [-0.25, -0.2) is 13.1 Å². The Morgan fingerprint density at radius 3 is 2.56 bits per heavy atom. The minimum atomic E-state index is -3.80. The van der Waals surface area contributed by atoms with Crippen LogP contribution in [0.15, 0.2) is 23.1 Å². The Labute approximate surface area is 102 Å². The zero-order valence-corrected chi connectivity index (χ0v) is 10.1. The first-order chi connectivity index (χ1) is 8.27.